The first-order valence-corrected chi connectivity index (χ1v) is 4.85. The molecule has 0 bridgehead atoms. The molecule has 2 nitrogen and oxygen atoms in total. The quantitative estimate of drug-likeness (QED) is 0.684. The molecule has 1 radical (unpaired) electrons. The number of rotatable bonds is 2. The van der Waals surface area contributed by atoms with Crippen LogP contribution in [0, 0.1) is 0 Å². The van der Waals surface area contributed by atoms with Crippen LogP contribution in [0.25, 0.3) is 0 Å². The molecule has 2 rings (SSSR count). The van der Waals surface area contributed by atoms with Crippen molar-refractivity contribution < 1.29 is 5.11 Å². The lowest BCUT2D eigenvalue weighted by Crippen LogP contribution is -2.20. The fourth-order valence-corrected chi connectivity index (χ4v) is 1.91. The minimum absolute atomic E-state index is 0.146. The highest BCUT2D eigenvalue weighted by Gasteiger charge is 2.25. The molecule has 0 unspecified atom stereocenters. The van der Waals surface area contributed by atoms with Gasteiger partial charge in [-0.1, -0.05) is 18.2 Å². The molecule has 0 atom stereocenters. The van der Waals surface area contributed by atoms with Crippen LogP contribution in [0.3, 0.4) is 0 Å². The zero-order valence-corrected chi connectivity index (χ0v) is 7.74. The topological polar surface area (TPSA) is 26.1 Å². The van der Waals surface area contributed by atoms with Crippen LogP contribution in [0.5, 0.6) is 0 Å². The standard InChI is InChI=1S/C11H15NO/c13-9-10-5-1-2-6-11(10)12-7-3-4-8-12/h1-2,5-6,13H,3-4,7-9H2/q+1. The lowest BCUT2D eigenvalue weighted by molar-refractivity contribution is 0.281. The Bertz CT molecular complexity index is 279. The SMILES string of the molecule is OCc1ccccc1[N+]1CCCC1. The van der Waals surface area contributed by atoms with Crippen molar-refractivity contribution in [2.75, 3.05) is 13.1 Å². The summed E-state index contributed by atoms with van der Waals surface area (Å²) >= 11 is 0. The average molecular weight is 177 g/mol. The Morgan fingerprint density at radius 3 is 2.54 bits per heavy atom. The molecule has 1 aromatic carbocycles. The van der Waals surface area contributed by atoms with E-state index in [-0.39, 0.29) is 6.61 Å². The highest BCUT2D eigenvalue weighted by atomic mass is 16.3. The van der Waals surface area contributed by atoms with E-state index in [1.807, 2.05) is 18.2 Å². The van der Waals surface area contributed by atoms with Crippen LogP contribution in [0.4, 0.5) is 5.69 Å². The van der Waals surface area contributed by atoms with Crippen LogP contribution in [-0.4, -0.2) is 18.2 Å². The fourth-order valence-electron chi connectivity index (χ4n) is 1.91. The summed E-state index contributed by atoms with van der Waals surface area (Å²) in [6.07, 6.45) is 2.56. The van der Waals surface area contributed by atoms with Gasteiger partial charge in [0.2, 0.25) is 0 Å². The summed E-state index contributed by atoms with van der Waals surface area (Å²) in [5.74, 6) is 0. The van der Waals surface area contributed by atoms with Crippen molar-refractivity contribution in [3.05, 3.63) is 29.8 Å². The molecular weight excluding hydrogens is 162 g/mol. The maximum absolute atomic E-state index is 9.15. The third-order valence-corrected chi connectivity index (χ3v) is 2.61. The van der Waals surface area contributed by atoms with Crippen molar-refractivity contribution in [1.82, 2.24) is 4.90 Å². The van der Waals surface area contributed by atoms with Crippen molar-refractivity contribution in [2.45, 2.75) is 19.4 Å². The first-order valence-electron chi connectivity index (χ1n) is 4.85. The Hall–Kier alpha value is -0.860. The van der Waals surface area contributed by atoms with Gasteiger partial charge in [-0.2, -0.15) is 0 Å². The average Bonchev–Trinajstić information content (AvgIpc) is 2.70. The van der Waals surface area contributed by atoms with Gasteiger partial charge in [-0.3, -0.25) is 0 Å². The highest BCUT2D eigenvalue weighted by molar-refractivity contribution is 5.47. The summed E-state index contributed by atoms with van der Waals surface area (Å²) in [5, 5.41) is 9.15. The summed E-state index contributed by atoms with van der Waals surface area (Å²) in [7, 11) is 0. The first-order chi connectivity index (χ1) is 6.42. The summed E-state index contributed by atoms with van der Waals surface area (Å²) in [6.45, 7) is 2.42. The molecule has 1 heterocycles. The van der Waals surface area contributed by atoms with Crippen LogP contribution in [-0.2, 0) is 6.61 Å². The van der Waals surface area contributed by atoms with Crippen molar-refractivity contribution in [3.8, 4) is 0 Å². The zero-order chi connectivity index (χ0) is 9.10. The molecule has 1 aliphatic heterocycles. The molecule has 1 fully saturated rings. The predicted octanol–water partition coefficient (Wildman–Crippen LogP) is 1.74. The maximum atomic E-state index is 9.15. The third kappa shape index (κ3) is 1.74. The summed E-state index contributed by atoms with van der Waals surface area (Å²) in [5.41, 5.74) is 2.26. The number of anilines is 1. The Labute approximate surface area is 78.8 Å². The molecule has 1 saturated heterocycles. The summed E-state index contributed by atoms with van der Waals surface area (Å²) in [4.78, 5) is 2.35. The second-order valence-corrected chi connectivity index (χ2v) is 3.48. The van der Waals surface area contributed by atoms with Crippen LogP contribution in [0.2, 0.25) is 0 Å². The number of hydrogen-bond donors (Lipinski definition) is 1. The van der Waals surface area contributed by atoms with Gasteiger partial charge < -0.3 is 5.11 Å². The van der Waals surface area contributed by atoms with E-state index < -0.39 is 0 Å². The van der Waals surface area contributed by atoms with Crippen molar-refractivity contribution in [1.29, 1.82) is 0 Å². The molecule has 2 heteroatoms. The lowest BCUT2D eigenvalue weighted by atomic mass is 10.2. The van der Waals surface area contributed by atoms with E-state index in [1.165, 1.54) is 18.5 Å². The van der Waals surface area contributed by atoms with Gasteiger partial charge in [0, 0.05) is 24.5 Å². The Kier molecular flexibility index (Phi) is 2.62. The number of hydrogen-bond acceptors (Lipinski definition) is 2. The molecule has 69 valence electrons. The van der Waals surface area contributed by atoms with Gasteiger partial charge >= 0.3 is 0 Å². The molecule has 1 aromatic rings. The van der Waals surface area contributed by atoms with E-state index in [1.54, 1.807) is 0 Å². The van der Waals surface area contributed by atoms with E-state index in [0.717, 1.165) is 18.7 Å². The van der Waals surface area contributed by atoms with Gasteiger partial charge in [0.1, 0.15) is 13.1 Å². The summed E-state index contributed by atoms with van der Waals surface area (Å²) in [6, 6.07) is 8.10. The molecule has 0 spiro atoms. The smallest absolute Gasteiger partial charge is 0.186 e. The van der Waals surface area contributed by atoms with Gasteiger partial charge in [0.05, 0.1) is 6.61 Å². The first kappa shape index (κ1) is 8.73. The van der Waals surface area contributed by atoms with E-state index in [2.05, 4.69) is 11.0 Å². The van der Waals surface area contributed by atoms with Crippen LogP contribution >= 0.6 is 0 Å². The normalized spacial score (nSPS) is 17.9. The van der Waals surface area contributed by atoms with Crippen molar-refractivity contribution in [2.24, 2.45) is 0 Å². The fraction of sp³-hybridized carbons (Fsp3) is 0.455. The second kappa shape index (κ2) is 3.90. The third-order valence-electron chi connectivity index (χ3n) is 2.61. The molecule has 0 aliphatic carbocycles. The van der Waals surface area contributed by atoms with E-state index in [0.29, 0.717) is 0 Å². The number of para-hydroxylation sites is 1. The molecule has 1 aliphatic rings. The van der Waals surface area contributed by atoms with Crippen LogP contribution < -0.4 is 4.90 Å². The van der Waals surface area contributed by atoms with Gasteiger partial charge in [0.25, 0.3) is 0 Å². The molecule has 13 heavy (non-hydrogen) atoms. The minimum Gasteiger partial charge on any atom is -0.391 e. The molecule has 1 N–H and O–H groups in total. The number of nitrogens with zero attached hydrogens (tertiary/aromatic N) is 1. The largest absolute Gasteiger partial charge is 0.391 e. The van der Waals surface area contributed by atoms with Crippen LogP contribution in [0.15, 0.2) is 24.3 Å². The molecular formula is C11H15NO+. The Morgan fingerprint density at radius 1 is 1.15 bits per heavy atom. The van der Waals surface area contributed by atoms with Crippen molar-refractivity contribution >= 4 is 5.69 Å². The Balaban J connectivity index is 2.26. The van der Waals surface area contributed by atoms with E-state index in [4.69, 9.17) is 5.11 Å². The van der Waals surface area contributed by atoms with Crippen molar-refractivity contribution in [3.63, 3.8) is 0 Å². The lowest BCUT2D eigenvalue weighted by Gasteiger charge is -2.07. The Morgan fingerprint density at radius 2 is 1.85 bits per heavy atom. The number of aliphatic hydroxyl groups is 1. The predicted molar refractivity (Wildman–Crippen MR) is 53.1 cm³/mol. The van der Waals surface area contributed by atoms with Crippen LogP contribution in [0.1, 0.15) is 18.4 Å². The zero-order valence-electron chi connectivity index (χ0n) is 7.74. The van der Waals surface area contributed by atoms with Gasteiger partial charge in [-0.25, -0.2) is 0 Å². The molecule has 0 saturated carbocycles. The van der Waals surface area contributed by atoms with Gasteiger partial charge in [-0.15, -0.1) is 4.90 Å². The number of benzene rings is 1. The maximum Gasteiger partial charge on any atom is 0.186 e. The second-order valence-electron chi connectivity index (χ2n) is 3.48. The number of aliphatic hydroxyl groups excluding tert-OH is 1. The van der Waals surface area contributed by atoms with Gasteiger partial charge in [-0.05, 0) is 0 Å². The van der Waals surface area contributed by atoms with E-state index in [9.17, 15) is 0 Å². The summed E-state index contributed by atoms with van der Waals surface area (Å²) < 4.78 is 0. The monoisotopic (exact) mass is 177 g/mol. The molecule has 0 amide bonds. The van der Waals surface area contributed by atoms with E-state index >= 15 is 0 Å². The molecule has 0 aromatic heterocycles. The highest BCUT2D eigenvalue weighted by Crippen LogP contribution is 2.23. The van der Waals surface area contributed by atoms with Gasteiger partial charge in [0.15, 0.2) is 5.69 Å². The minimum atomic E-state index is 0.146.